The van der Waals surface area contributed by atoms with Gasteiger partial charge in [-0.15, -0.1) is 0 Å². The molecule has 0 aromatic rings. The van der Waals surface area contributed by atoms with E-state index in [0.29, 0.717) is 12.0 Å². The van der Waals surface area contributed by atoms with Crippen LogP contribution in [0.5, 0.6) is 0 Å². The highest BCUT2D eigenvalue weighted by molar-refractivity contribution is 8.14. The summed E-state index contributed by atoms with van der Waals surface area (Å²) in [5, 5.41) is 4.55. The second-order valence-electron chi connectivity index (χ2n) is 4.46. The van der Waals surface area contributed by atoms with Gasteiger partial charge in [-0.25, -0.2) is 0 Å². The molecular formula is C12H24N2OS. The molecule has 0 saturated carbocycles. The predicted molar refractivity (Wildman–Crippen MR) is 72.2 cm³/mol. The maximum Gasteiger partial charge on any atom is 0.156 e. The minimum Gasteiger partial charge on any atom is -0.380 e. The molecule has 94 valence electrons. The van der Waals surface area contributed by atoms with Gasteiger partial charge in [-0.2, -0.15) is 0 Å². The first-order valence-electron chi connectivity index (χ1n) is 6.25. The summed E-state index contributed by atoms with van der Waals surface area (Å²) in [4.78, 5) is 4.50. The smallest absolute Gasteiger partial charge is 0.156 e. The normalized spacial score (nSPS) is 23.0. The number of thioether (sulfide) groups is 1. The first kappa shape index (κ1) is 13.8. The Hall–Kier alpha value is -0.220. The molecule has 0 aromatic heterocycles. The number of hydrogen-bond acceptors (Lipinski definition) is 3. The van der Waals surface area contributed by atoms with Crippen molar-refractivity contribution in [2.24, 2.45) is 10.9 Å². The first-order chi connectivity index (χ1) is 7.74. The van der Waals surface area contributed by atoms with Gasteiger partial charge in [0.1, 0.15) is 0 Å². The Morgan fingerprint density at radius 3 is 2.94 bits per heavy atom. The van der Waals surface area contributed by atoms with Crippen molar-refractivity contribution in [1.82, 2.24) is 5.32 Å². The van der Waals surface area contributed by atoms with Crippen LogP contribution in [0.3, 0.4) is 0 Å². The van der Waals surface area contributed by atoms with E-state index in [9.17, 15) is 0 Å². The van der Waals surface area contributed by atoms with Gasteiger partial charge in [0.05, 0.1) is 13.2 Å². The molecule has 1 heterocycles. The monoisotopic (exact) mass is 244 g/mol. The molecule has 0 radical (unpaired) electrons. The third-order valence-electron chi connectivity index (χ3n) is 2.65. The molecular weight excluding hydrogens is 220 g/mol. The van der Waals surface area contributed by atoms with Crippen molar-refractivity contribution >= 4 is 16.9 Å². The molecule has 0 aliphatic carbocycles. The van der Waals surface area contributed by atoms with Gasteiger partial charge >= 0.3 is 0 Å². The van der Waals surface area contributed by atoms with Crippen molar-refractivity contribution < 1.29 is 4.74 Å². The van der Waals surface area contributed by atoms with E-state index >= 15 is 0 Å². The van der Waals surface area contributed by atoms with Crippen LogP contribution in [0.1, 0.15) is 33.6 Å². The Labute approximate surface area is 103 Å². The number of nitrogens with one attached hydrogen (secondary N) is 1. The fourth-order valence-electron chi connectivity index (χ4n) is 1.42. The lowest BCUT2D eigenvalue weighted by Crippen LogP contribution is -2.31. The molecule has 0 bridgehead atoms. The van der Waals surface area contributed by atoms with Crippen LogP contribution in [0.25, 0.3) is 0 Å². The van der Waals surface area contributed by atoms with Crippen molar-refractivity contribution in [3.63, 3.8) is 0 Å². The SMILES string of the molecule is CCCCOCCN=C1N[C@@H](C(C)C)CS1. The Kier molecular flexibility index (Phi) is 6.88. The zero-order valence-corrected chi connectivity index (χ0v) is 11.5. The summed E-state index contributed by atoms with van der Waals surface area (Å²) in [5.41, 5.74) is 0. The van der Waals surface area contributed by atoms with Crippen LogP contribution in [0.2, 0.25) is 0 Å². The van der Waals surface area contributed by atoms with Gasteiger partial charge in [-0.05, 0) is 12.3 Å². The Morgan fingerprint density at radius 2 is 2.31 bits per heavy atom. The van der Waals surface area contributed by atoms with Gasteiger partial charge in [0.25, 0.3) is 0 Å². The van der Waals surface area contributed by atoms with E-state index in [-0.39, 0.29) is 0 Å². The van der Waals surface area contributed by atoms with Gasteiger partial charge in [-0.1, -0.05) is 39.0 Å². The lowest BCUT2D eigenvalue weighted by molar-refractivity contribution is 0.139. The molecule has 1 aliphatic heterocycles. The molecule has 1 aliphatic rings. The molecule has 0 spiro atoms. The third-order valence-corrected chi connectivity index (χ3v) is 3.69. The molecule has 1 N–H and O–H groups in total. The summed E-state index contributed by atoms with van der Waals surface area (Å²) in [7, 11) is 0. The summed E-state index contributed by atoms with van der Waals surface area (Å²) < 4.78 is 5.46. The molecule has 0 unspecified atom stereocenters. The van der Waals surface area contributed by atoms with E-state index in [1.807, 2.05) is 11.8 Å². The van der Waals surface area contributed by atoms with Crippen molar-refractivity contribution in [2.75, 3.05) is 25.5 Å². The highest BCUT2D eigenvalue weighted by atomic mass is 32.2. The highest BCUT2D eigenvalue weighted by Gasteiger charge is 2.22. The van der Waals surface area contributed by atoms with E-state index < -0.39 is 0 Å². The molecule has 1 fully saturated rings. The minimum absolute atomic E-state index is 0.588. The largest absolute Gasteiger partial charge is 0.380 e. The quantitative estimate of drug-likeness (QED) is 0.699. The molecule has 16 heavy (non-hydrogen) atoms. The zero-order chi connectivity index (χ0) is 11.8. The lowest BCUT2D eigenvalue weighted by atomic mass is 10.1. The van der Waals surface area contributed by atoms with E-state index in [4.69, 9.17) is 4.74 Å². The fourth-order valence-corrected chi connectivity index (χ4v) is 2.64. The van der Waals surface area contributed by atoms with E-state index in [1.54, 1.807) is 0 Å². The minimum atomic E-state index is 0.588. The average molecular weight is 244 g/mol. The average Bonchev–Trinajstić information content (AvgIpc) is 2.72. The number of rotatable bonds is 7. The van der Waals surface area contributed by atoms with Gasteiger partial charge in [0.15, 0.2) is 5.17 Å². The number of aliphatic imine (C=N–C) groups is 1. The van der Waals surface area contributed by atoms with Crippen LogP contribution < -0.4 is 5.32 Å². The maximum absolute atomic E-state index is 5.46. The Morgan fingerprint density at radius 1 is 1.50 bits per heavy atom. The van der Waals surface area contributed by atoms with Gasteiger partial charge in [0, 0.05) is 18.4 Å². The Bertz CT molecular complexity index is 219. The summed E-state index contributed by atoms with van der Waals surface area (Å²) in [6, 6.07) is 0.588. The fraction of sp³-hybridized carbons (Fsp3) is 0.917. The van der Waals surface area contributed by atoms with E-state index in [2.05, 4.69) is 31.1 Å². The molecule has 3 nitrogen and oxygen atoms in total. The van der Waals surface area contributed by atoms with Crippen LogP contribution in [0, 0.1) is 5.92 Å². The van der Waals surface area contributed by atoms with Crippen molar-refractivity contribution in [3.8, 4) is 0 Å². The summed E-state index contributed by atoms with van der Waals surface area (Å²) >= 11 is 1.83. The molecule has 1 rings (SSSR count). The first-order valence-corrected chi connectivity index (χ1v) is 7.24. The van der Waals surface area contributed by atoms with Crippen molar-refractivity contribution in [2.45, 2.75) is 39.7 Å². The summed E-state index contributed by atoms with van der Waals surface area (Å²) in [6.07, 6.45) is 2.35. The number of amidine groups is 1. The van der Waals surface area contributed by atoms with Gasteiger partial charge in [-0.3, -0.25) is 4.99 Å². The second-order valence-corrected chi connectivity index (χ2v) is 5.47. The highest BCUT2D eigenvalue weighted by Crippen LogP contribution is 2.18. The third kappa shape index (κ3) is 5.21. The molecule has 0 amide bonds. The number of nitrogens with zero attached hydrogens (tertiary/aromatic N) is 1. The maximum atomic E-state index is 5.46. The Balaban J connectivity index is 2.07. The zero-order valence-electron chi connectivity index (χ0n) is 10.7. The number of ether oxygens (including phenoxy) is 1. The molecule has 0 aromatic carbocycles. The van der Waals surface area contributed by atoms with Crippen LogP contribution in [0.15, 0.2) is 4.99 Å². The molecule has 1 saturated heterocycles. The van der Waals surface area contributed by atoms with Crippen molar-refractivity contribution in [1.29, 1.82) is 0 Å². The topological polar surface area (TPSA) is 33.6 Å². The van der Waals surface area contributed by atoms with Crippen LogP contribution in [0.4, 0.5) is 0 Å². The van der Waals surface area contributed by atoms with Crippen LogP contribution >= 0.6 is 11.8 Å². The summed E-state index contributed by atoms with van der Waals surface area (Å²) in [6.45, 7) is 9.07. The summed E-state index contributed by atoms with van der Waals surface area (Å²) in [5.74, 6) is 1.83. The lowest BCUT2D eigenvalue weighted by Gasteiger charge is -2.13. The molecule has 4 heteroatoms. The van der Waals surface area contributed by atoms with Gasteiger partial charge < -0.3 is 10.1 Å². The predicted octanol–water partition coefficient (Wildman–Crippen LogP) is 2.52. The van der Waals surface area contributed by atoms with E-state index in [0.717, 1.165) is 37.1 Å². The number of hydrogen-bond donors (Lipinski definition) is 1. The van der Waals surface area contributed by atoms with Gasteiger partial charge in [0.2, 0.25) is 0 Å². The van der Waals surface area contributed by atoms with E-state index in [1.165, 1.54) is 6.42 Å². The molecule has 1 atom stereocenters. The standard InChI is InChI=1S/C12H24N2OS/c1-4-5-7-15-8-6-13-12-14-11(9-16-12)10(2)3/h10-11H,4-9H2,1-3H3,(H,13,14)/t11-/m1/s1. The second kappa shape index (κ2) is 7.96. The number of unbranched alkanes of at least 4 members (excludes halogenated alkanes) is 1. The van der Waals surface area contributed by atoms with Crippen LogP contribution in [-0.4, -0.2) is 36.7 Å². The van der Waals surface area contributed by atoms with Crippen LogP contribution in [-0.2, 0) is 4.74 Å². The van der Waals surface area contributed by atoms with Crippen molar-refractivity contribution in [3.05, 3.63) is 0 Å².